The third kappa shape index (κ3) is 7.08. The molecule has 0 radical (unpaired) electrons. The van der Waals surface area contributed by atoms with Crippen LogP contribution in [0.4, 0.5) is 0 Å². The number of ether oxygens (including phenoxy) is 3. The van der Waals surface area contributed by atoms with Crippen molar-refractivity contribution in [1.82, 2.24) is 14.6 Å². The van der Waals surface area contributed by atoms with E-state index >= 15 is 0 Å². The molecule has 0 bridgehead atoms. The number of nitrogens with zero attached hydrogens (tertiary/aromatic N) is 1. The number of benzene rings is 1. The number of aliphatic hydroxyl groups is 1. The zero-order valence-electron chi connectivity index (χ0n) is 20.4. The summed E-state index contributed by atoms with van der Waals surface area (Å²) in [5, 5.41) is 12.1. The normalized spacial score (nSPS) is 24.7. The molecule has 0 spiro atoms. The molecule has 2 heterocycles. The summed E-state index contributed by atoms with van der Waals surface area (Å²) >= 11 is 6.30. The third-order valence-electron chi connectivity index (χ3n) is 5.34. The lowest BCUT2D eigenvalue weighted by molar-refractivity contribution is -0.152. The minimum absolute atomic E-state index is 0.0647. The first-order valence-electron chi connectivity index (χ1n) is 11.3. The van der Waals surface area contributed by atoms with Crippen molar-refractivity contribution < 1.29 is 37.7 Å². The summed E-state index contributed by atoms with van der Waals surface area (Å²) in [6.45, 7) is 2.35. The molecule has 0 saturated carbocycles. The van der Waals surface area contributed by atoms with E-state index in [0.717, 1.165) is 10.6 Å². The number of aromatic nitrogens is 2. The van der Waals surface area contributed by atoms with Gasteiger partial charge < -0.3 is 23.8 Å². The molecule has 204 valence electrons. The summed E-state index contributed by atoms with van der Waals surface area (Å²) in [6, 6.07) is 9.18. The summed E-state index contributed by atoms with van der Waals surface area (Å²) in [5.41, 5.74) is -3.04. The summed E-state index contributed by atoms with van der Waals surface area (Å²) in [4.78, 5) is 38.3. The maximum Gasteiger partial charge on any atom is 0.459 e. The summed E-state index contributed by atoms with van der Waals surface area (Å²) in [6.07, 6.45) is -2.49. The number of rotatable bonds is 12. The van der Waals surface area contributed by atoms with Crippen LogP contribution < -0.4 is 20.9 Å². The van der Waals surface area contributed by atoms with Gasteiger partial charge in [0.25, 0.3) is 5.56 Å². The van der Waals surface area contributed by atoms with Crippen molar-refractivity contribution in [2.75, 3.05) is 26.9 Å². The van der Waals surface area contributed by atoms with E-state index in [1.54, 1.807) is 25.1 Å². The fourth-order valence-corrected chi connectivity index (χ4v) is 5.59. The number of carbonyl (C=O) groups is 1. The molecule has 1 aliphatic rings. The van der Waals surface area contributed by atoms with Crippen molar-refractivity contribution in [3.05, 3.63) is 63.4 Å². The van der Waals surface area contributed by atoms with Crippen LogP contribution in [0.5, 0.6) is 5.75 Å². The Kier molecular flexibility index (Phi) is 9.70. The number of halogens is 1. The second kappa shape index (κ2) is 12.4. The Morgan fingerprint density at radius 2 is 2.00 bits per heavy atom. The van der Waals surface area contributed by atoms with Crippen LogP contribution in [0.2, 0.25) is 0 Å². The van der Waals surface area contributed by atoms with Gasteiger partial charge >= 0.3 is 19.4 Å². The van der Waals surface area contributed by atoms with Crippen molar-refractivity contribution in [2.24, 2.45) is 0 Å². The maximum atomic E-state index is 13.9. The molecule has 2 unspecified atom stereocenters. The standard InChI is InChI=1S/C22H29ClN3O10P/c1-4-33-20(29)22(2,13-32-3)25-37(31,36-14-8-6-5-7-9-14)34-12-15-18(28)17(23)19(35-15)26-11-10-16(27)24-21(26)30/h5-11,15,17-19,28H,4,12-13H2,1-3H3,(H,25,31)(H,24,27,30)/t15-,17+,18-,19-,22?,37?/m1/s1. The average Bonchev–Trinajstić information content (AvgIpc) is 3.12. The van der Waals surface area contributed by atoms with Crippen LogP contribution in [0.25, 0.3) is 0 Å². The molecule has 6 atom stereocenters. The van der Waals surface area contributed by atoms with E-state index < -0.39 is 60.9 Å². The predicted molar refractivity (Wildman–Crippen MR) is 132 cm³/mol. The molecule has 37 heavy (non-hydrogen) atoms. The predicted octanol–water partition coefficient (Wildman–Crippen LogP) is 1.16. The molecule has 3 rings (SSSR count). The summed E-state index contributed by atoms with van der Waals surface area (Å²) in [5.74, 6) is -0.587. The van der Waals surface area contributed by atoms with Crippen molar-refractivity contribution in [3.8, 4) is 5.75 Å². The fraction of sp³-hybridized carbons (Fsp3) is 0.500. The molecular formula is C22H29ClN3O10P. The molecule has 1 aromatic heterocycles. The fourth-order valence-electron chi connectivity index (χ4n) is 3.58. The van der Waals surface area contributed by atoms with E-state index in [0.29, 0.717) is 0 Å². The van der Waals surface area contributed by atoms with Gasteiger partial charge in [-0.2, -0.15) is 5.09 Å². The molecule has 3 N–H and O–H groups in total. The van der Waals surface area contributed by atoms with Gasteiger partial charge in [-0.1, -0.05) is 18.2 Å². The third-order valence-corrected chi connectivity index (χ3v) is 7.52. The van der Waals surface area contributed by atoms with Crippen molar-refractivity contribution >= 4 is 25.3 Å². The number of para-hydroxylation sites is 1. The summed E-state index contributed by atoms with van der Waals surface area (Å²) < 4.78 is 42.1. The minimum Gasteiger partial charge on any atom is -0.465 e. The number of alkyl halides is 1. The number of esters is 1. The highest BCUT2D eigenvalue weighted by atomic mass is 35.5. The van der Waals surface area contributed by atoms with Crippen LogP contribution in [0.3, 0.4) is 0 Å². The average molecular weight is 562 g/mol. The van der Waals surface area contributed by atoms with Gasteiger partial charge in [0.1, 0.15) is 28.9 Å². The first kappa shape index (κ1) is 29.1. The number of hydrogen-bond donors (Lipinski definition) is 3. The zero-order chi connectivity index (χ0) is 27.2. The second-order valence-electron chi connectivity index (χ2n) is 8.31. The Labute approximate surface area is 217 Å². The van der Waals surface area contributed by atoms with E-state index in [-0.39, 0.29) is 19.0 Å². The molecule has 15 heteroatoms. The maximum absolute atomic E-state index is 13.9. The Morgan fingerprint density at radius 1 is 1.30 bits per heavy atom. The lowest BCUT2D eigenvalue weighted by Gasteiger charge is -2.32. The number of aliphatic hydroxyl groups excluding tert-OH is 1. The van der Waals surface area contributed by atoms with Crippen LogP contribution in [0.1, 0.15) is 20.1 Å². The first-order chi connectivity index (χ1) is 17.5. The highest BCUT2D eigenvalue weighted by Gasteiger charge is 2.48. The highest BCUT2D eigenvalue weighted by molar-refractivity contribution is 7.52. The van der Waals surface area contributed by atoms with Gasteiger partial charge in [-0.15, -0.1) is 11.6 Å². The van der Waals surface area contributed by atoms with Crippen molar-refractivity contribution in [2.45, 2.75) is 43.2 Å². The molecule has 1 aromatic carbocycles. The topological polar surface area (TPSA) is 167 Å². The van der Waals surface area contributed by atoms with Gasteiger partial charge in [-0.25, -0.2) is 14.2 Å². The van der Waals surface area contributed by atoms with Gasteiger partial charge in [0.2, 0.25) is 0 Å². The van der Waals surface area contributed by atoms with Crippen LogP contribution in [0, 0.1) is 0 Å². The lowest BCUT2D eigenvalue weighted by atomic mass is 10.1. The number of methoxy groups -OCH3 is 1. The SMILES string of the molecule is CCOC(=O)C(C)(COC)NP(=O)(OC[C@H]1O[C@@H](n2ccc(=O)[nH]c2=O)[C@@H](Cl)[C@@H]1O)Oc1ccccc1. The molecular weight excluding hydrogens is 533 g/mol. The van der Waals surface area contributed by atoms with Gasteiger partial charge in [-0.3, -0.25) is 18.9 Å². The molecule has 1 aliphatic heterocycles. The lowest BCUT2D eigenvalue weighted by Crippen LogP contribution is -2.53. The zero-order valence-corrected chi connectivity index (χ0v) is 22.0. The molecule has 0 amide bonds. The van der Waals surface area contributed by atoms with E-state index in [2.05, 4.69) is 10.1 Å². The smallest absolute Gasteiger partial charge is 0.459 e. The quantitative estimate of drug-likeness (QED) is 0.193. The number of aromatic amines is 1. The second-order valence-corrected chi connectivity index (χ2v) is 10.5. The highest BCUT2D eigenvalue weighted by Crippen LogP contribution is 2.47. The van der Waals surface area contributed by atoms with E-state index in [9.17, 15) is 24.1 Å². The number of carbonyl (C=O) groups excluding carboxylic acids is 1. The number of hydrogen-bond acceptors (Lipinski definition) is 10. The van der Waals surface area contributed by atoms with Gasteiger partial charge in [-0.05, 0) is 26.0 Å². The van der Waals surface area contributed by atoms with Crippen LogP contribution in [-0.2, 0) is 28.1 Å². The largest absolute Gasteiger partial charge is 0.465 e. The minimum atomic E-state index is -4.36. The van der Waals surface area contributed by atoms with E-state index in [4.69, 9.17) is 34.9 Å². The van der Waals surface area contributed by atoms with E-state index in [1.165, 1.54) is 32.4 Å². The Morgan fingerprint density at radius 3 is 2.62 bits per heavy atom. The van der Waals surface area contributed by atoms with Crippen molar-refractivity contribution in [1.29, 1.82) is 0 Å². The molecule has 2 aromatic rings. The van der Waals surface area contributed by atoms with Gasteiger partial charge in [0.15, 0.2) is 6.23 Å². The van der Waals surface area contributed by atoms with Crippen LogP contribution in [0.15, 0.2) is 52.2 Å². The molecule has 1 fully saturated rings. The molecule has 1 saturated heterocycles. The molecule has 13 nitrogen and oxygen atoms in total. The summed E-state index contributed by atoms with van der Waals surface area (Å²) in [7, 11) is -3.01. The van der Waals surface area contributed by atoms with E-state index in [1.807, 2.05) is 0 Å². The first-order valence-corrected chi connectivity index (χ1v) is 13.2. The number of nitrogens with one attached hydrogen (secondary N) is 2. The van der Waals surface area contributed by atoms with Gasteiger partial charge in [0, 0.05) is 19.4 Å². The Balaban J connectivity index is 1.84. The van der Waals surface area contributed by atoms with Gasteiger partial charge in [0.05, 0.1) is 19.8 Å². The van der Waals surface area contributed by atoms with Crippen molar-refractivity contribution in [3.63, 3.8) is 0 Å². The van der Waals surface area contributed by atoms with Crippen LogP contribution in [-0.4, -0.2) is 70.7 Å². The van der Waals surface area contributed by atoms with Crippen LogP contribution >= 0.6 is 19.3 Å². The number of H-pyrrole nitrogens is 1. The Hall–Kier alpha value is -2.51. The monoisotopic (exact) mass is 561 g/mol. The Bertz CT molecular complexity index is 1220. The molecule has 0 aliphatic carbocycles.